The maximum absolute atomic E-state index is 6.28. The highest BCUT2D eigenvalue weighted by Crippen LogP contribution is 2.11. The quantitative estimate of drug-likeness (QED) is 0.506. The molecule has 0 saturated heterocycles. The number of rotatable bonds is 5. The van der Waals surface area contributed by atoms with Crippen molar-refractivity contribution < 1.29 is 0 Å². The molecule has 0 aliphatic rings. The summed E-state index contributed by atoms with van der Waals surface area (Å²) in [6.07, 6.45) is 0. The number of nitrogens with two attached hydrogens (primary N) is 2. The Morgan fingerprint density at radius 1 is 0.679 bits per heavy atom. The molecule has 0 heterocycles. The van der Waals surface area contributed by atoms with Crippen molar-refractivity contribution in [2.75, 3.05) is 0 Å². The summed E-state index contributed by atoms with van der Waals surface area (Å²) in [6, 6.07) is 29.7. The molecule has 0 aromatic heterocycles. The predicted molar refractivity (Wildman–Crippen MR) is 119 cm³/mol. The molecule has 0 aliphatic heterocycles. The fourth-order valence-electron chi connectivity index (χ4n) is 2.67. The molecule has 6 heteroatoms. The summed E-state index contributed by atoms with van der Waals surface area (Å²) in [7, 11) is 0. The van der Waals surface area contributed by atoms with Gasteiger partial charge in [-0.2, -0.15) is 4.99 Å². The number of nitrogens with zero attached hydrogens (tertiary/aromatic N) is 3. The number of guanidine groups is 2. The van der Waals surface area contributed by atoms with Crippen LogP contribution in [0.1, 0.15) is 11.1 Å². The summed E-state index contributed by atoms with van der Waals surface area (Å²) in [6.45, 7) is 1.26. The number of benzene rings is 3. The lowest BCUT2D eigenvalue weighted by atomic mass is 10.2. The number of para-hydroxylation sites is 1. The minimum Gasteiger partial charge on any atom is -0.369 e. The Bertz CT molecular complexity index is 854. The largest absolute Gasteiger partial charge is 0.369 e. The summed E-state index contributed by atoms with van der Waals surface area (Å²) in [5, 5.41) is 0. The van der Waals surface area contributed by atoms with Gasteiger partial charge in [0, 0.05) is 13.1 Å². The van der Waals surface area contributed by atoms with Crippen molar-refractivity contribution in [2.45, 2.75) is 13.1 Å². The molecule has 5 nitrogen and oxygen atoms in total. The van der Waals surface area contributed by atoms with Gasteiger partial charge in [-0.05, 0) is 23.3 Å². The van der Waals surface area contributed by atoms with Crippen LogP contribution in [0.25, 0.3) is 0 Å². The zero-order valence-corrected chi connectivity index (χ0v) is 16.3. The normalized spacial score (nSPS) is 11.6. The van der Waals surface area contributed by atoms with Crippen LogP contribution < -0.4 is 11.5 Å². The third-order valence-electron chi connectivity index (χ3n) is 3.99. The molecule has 0 amide bonds. The second-order valence-corrected chi connectivity index (χ2v) is 6.10. The molecular weight excluding hydrogens is 370 g/mol. The molecule has 0 aliphatic carbocycles. The van der Waals surface area contributed by atoms with Crippen LogP contribution in [0.3, 0.4) is 0 Å². The highest BCUT2D eigenvalue weighted by Gasteiger charge is 2.10. The van der Waals surface area contributed by atoms with E-state index in [1.807, 2.05) is 71.6 Å². The van der Waals surface area contributed by atoms with E-state index in [1.54, 1.807) is 0 Å². The Hall–Kier alpha value is -3.31. The third kappa shape index (κ3) is 6.45. The Morgan fingerprint density at radius 3 is 1.57 bits per heavy atom. The van der Waals surface area contributed by atoms with Gasteiger partial charge < -0.3 is 16.4 Å². The van der Waals surface area contributed by atoms with Crippen molar-refractivity contribution in [2.24, 2.45) is 21.5 Å². The van der Waals surface area contributed by atoms with Crippen LogP contribution in [0.15, 0.2) is 101 Å². The monoisotopic (exact) mass is 393 g/mol. The van der Waals surface area contributed by atoms with Gasteiger partial charge in [0.1, 0.15) is 0 Å². The van der Waals surface area contributed by atoms with Crippen LogP contribution in [0.4, 0.5) is 5.69 Å². The predicted octanol–water partition coefficient (Wildman–Crippen LogP) is 4.07. The van der Waals surface area contributed by atoms with Crippen molar-refractivity contribution in [1.29, 1.82) is 0 Å². The number of halogens is 1. The fraction of sp³-hybridized carbons (Fsp3) is 0.0909. The van der Waals surface area contributed by atoms with E-state index in [9.17, 15) is 0 Å². The molecule has 3 aromatic carbocycles. The minimum atomic E-state index is 0. The molecule has 0 radical (unpaired) electrons. The molecule has 0 unspecified atom stereocenters. The Balaban J connectivity index is 0.00000280. The molecule has 3 rings (SSSR count). The lowest BCUT2D eigenvalue weighted by Gasteiger charge is -2.24. The van der Waals surface area contributed by atoms with Gasteiger partial charge in [0.25, 0.3) is 0 Å². The first-order valence-electron chi connectivity index (χ1n) is 8.77. The van der Waals surface area contributed by atoms with E-state index in [1.165, 1.54) is 0 Å². The maximum Gasteiger partial charge on any atom is 0.223 e. The Kier molecular flexibility index (Phi) is 8.06. The molecule has 0 atom stereocenters. The van der Waals surface area contributed by atoms with E-state index in [0.717, 1.165) is 16.8 Å². The van der Waals surface area contributed by atoms with Gasteiger partial charge >= 0.3 is 0 Å². The molecule has 144 valence electrons. The SMILES string of the molecule is Cl.NC(=Nc1ccccc1)/N=C(\N)N(Cc1ccccc1)Cc1ccccc1. The Labute approximate surface area is 171 Å². The zero-order chi connectivity index (χ0) is 18.9. The van der Waals surface area contributed by atoms with Gasteiger partial charge in [-0.1, -0.05) is 78.9 Å². The first-order chi connectivity index (χ1) is 13.2. The van der Waals surface area contributed by atoms with Crippen LogP contribution in [-0.4, -0.2) is 16.8 Å². The standard InChI is InChI=1S/C22H23N5.ClH/c23-21(25-20-14-8-3-9-15-20)26-22(24)27(16-18-10-4-1-5-11-18)17-19-12-6-2-7-13-19;/h1-15H,16-17H2,(H4,23,24,25,26);1H. The minimum absolute atomic E-state index is 0. The maximum atomic E-state index is 6.28. The lowest BCUT2D eigenvalue weighted by Crippen LogP contribution is -2.37. The van der Waals surface area contributed by atoms with Crippen molar-refractivity contribution >= 4 is 30.0 Å². The second kappa shape index (κ2) is 10.7. The van der Waals surface area contributed by atoms with Crippen molar-refractivity contribution in [3.8, 4) is 0 Å². The molecule has 0 spiro atoms. The molecular formula is C22H24ClN5. The topological polar surface area (TPSA) is 80.0 Å². The average molecular weight is 394 g/mol. The molecule has 0 bridgehead atoms. The highest BCUT2D eigenvalue weighted by molar-refractivity contribution is 5.94. The van der Waals surface area contributed by atoms with Crippen LogP contribution in [0, 0.1) is 0 Å². The zero-order valence-electron chi connectivity index (χ0n) is 15.5. The summed E-state index contributed by atoms with van der Waals surface area (Å²) >= 11 is 0. The molecule has 3 aromatic rings. The van der Waals surface area contributed by atoms with E-state index < -0.39 is 0 Å². The molecule has 4 N–H and O–H groups in total. The van der Waals surface area contributed by atoms with Crippen molar-refractivity contribution in [3.63, 3.8) is 0 Å². The van der Waals surface area contributed by atoms with Crippen LogP contribution in [0.2, 0.25) is 0 Å². The van der Waals surface area contributed by atoms with E-state index >= 15 is 0 Å². The van der Waals surface area contributed by atoms with E-state index in [-0.39, 0.29) is 18.4 Å². The van der Waals surface area contributed by atoms with Crippen molar-refractivity contribution in [1.82, 2.24) is 4.90 Å². The number of hydrogen-bond donors (Lipinski definition) is 2. The van der Waals surface area contributed by atoms with Crippen LogP contribution >= 0.6 is 12.4 Å². The van der Waals surface area contributed by atoms with E-state index in [2.05, 4.69) is 34.3 Å². The first kappa shape index (κ1) is 21.0. The van der Waals surface area contributed by atoms with Crippen LogP contribution in [-0.2, 0) is 13.1 Å². The van der Waals surface area contributed by atoms with Crippen molar-refractivity contribution in [3.05, 3.63) is 102 Å². The molecule has 28 heavy (non-hydrogen) atoms. The summed E-state index contributed by atoms with van der Waals surface area (Å²) in [5.74, 6) is 0.463. The molecule has 0 saturated carbocycles. The molecule has 0 fully saturated rings. The first-order valence-corrected chi connectivity index (χ1v) is 8.77. The van der Waals surface area contributed by atoms with Gasteiger partial charge in [-0.3, -0.25) is 0 Å². The summed E-state index contributed by atoms with van der Waals surface area (Å²) < 4.78 is 0. The van der Waals surface area contributed by atoms with E-state index in [4.69, 9.17) is 11.5 Å². The van der Waals surface area contributed by atoms with Gasteiger partial charge in [0.05, 0.1) is 5.69 Å². The third-order valence-corrected chi connectivity index (χ3v) is 3.99. The van der Waals surface area contributed by atoms with Gasteiger partial charge in [0.2, 0.25) is 5.96 Å². The highest BCUT2D eigenvalue weighted by atomic mass is 35.5. The fourth-order valence-corrected chi connectivity index (χ4v) is 2.67. The van der Waals surface area contributed by atoms with Gasteiger partial charge in [-0.25, -0.2) is 4.99 Å². The van der Waals surface area contributed by atoms with Gasteiger partial charge in [-0.15, -0.1) is 12.4 Å². The summed E-state index contributed by atoms with van der Waals surface area (Å²) in [5.41, 5.74) is 15.3. The number of aliphatic imine (C=N–C) groups is 2. The van der Waals surface area contributed by atoms with E-state index in [0.29, 0.717) is 19.0 Å². The lowest BCUT2D eigenvalue weighted by molar-refractivity contribution is 0.402. The average Bonchev–Trinajstić information content (AvgIpc) is 2.70. The Morgan fingerprint density at radius 2 is 1.11 bits per heavy atom. The summed E-state index contributed by atoms with van der Waals surface area (Å²) in [4.78, 5) is 10.6. The smallest absolute Gasteiger partial charge is 0.223 e. The second-order valence-electron chi connectivity index (χ2n) is 6.10. The van der Waals surface area contributed by atoms with Crippen LogP contribution in [0.5, 0.6) is 0 Å². The number of hydrogen-bond acceptors (Lipinski definition) is 1. The van der Waals surface area contributed by atoms with Gasteiger partial charge in [0.15, 0.2) is 5.96 Å².